The van der Waals surface area contributed by atoms with E-state index in [4.69, 9.17) is 0 Å². The van der Waals surface area contributed by atoms with E-state index in [9.17, 15) is 24.6 Å². The first-order chi connectivity index (χ1) is 16.4. The number of phenolic OH excluding ortho intramolecular Hbond substituents is 1. The summed E-state index contributed by atoms with van der Waals surface area (Å²) in [6, 6.07) is 10.8. The number of hydrogen-bond acceptors (Lipinski definition) is 6. The molecule has 34 heavy (non-hydrogen) atoms. The minimum absolute atomic E-state index is 0.0440. The first kappa shape index (κ1) is 26.3. The highest BCUT2D eigenvalue weighted by molar-refractivity contribution is 5.93. The van der Waals surface area contributed by atoms with Gasteiger partial charge in [0.1, 0.15) is 11.4 Å². The number of urea groups is 1. The molecular weight excluding hydrogens is 438 g/mol. The number of aromatic hydroxyl groups is 1. The number of phenols is 1. The molecule has 0 heterocycles. The summed E-state index contributed by atoms with van der Waals surface area (Å²) in [6.07, 6.45) is 4.20. The molecule has 0 aliphatic carbocycles. The van der Waals surface area contributed by atoms with Crippen LogP contribution in [0.25, 0.3) is 0 Å². The number of azo groups is 1. The third-order valence-corrected chi connectivity index (χ3v) is 5.03. The number of benzene rings is 2. The Bertz CT molecular complexity index is 1010. The van der Waals surface area contributed by atoms with Crippen molar-refractivity contribution in [1.29, 1.82) is 0 Å². The number of rotatable bonds is 13. The van der Waals surface area contributed by atoms with E-state index >= 15 is 0 Å². The second-order valence-electron chi connectivity index (χ2n) is 7.61. The van der Waals surface area contributed by atoms with Gasteiger partial charge in [0, 0.05) is 26.6 Å². The van der Waals surface area contributed by atoms with Gasteiger partial charge in [0.15, 0.2) is 0 Å². The first-order valence-electron chi connectivity index (χ1n) is 11.2. The molecule has 10 nitrogen and oxygen atoms in total. The Morgan fingerprint density at radius 2 is 1.62 bits per heavy atom. The molecule has 0 saturated heterocycles. The lowest BCUT2D eigenvalue weighted by atomic mass is 10.1. The van der Waals surface area contributed by atoms with Crippen LogP contribution in [0.4, 0.5) is 16.2 Å². The molecule has 10 heteroatoms. The molecule has 0 unspecified atom stereocenters. The number of carbonyl (C=O) groups excluding carboxylic acids is 2. The summed E-state index contributed by atoms with van der Waals surface area (Å²) in [6.45, 7) is 1.20. The molecule has 0 aromatic heterocycles. The highest BCUT2D eigenvalue weighted by Gasteiger charge is 2.09. The summed E-state index contributed by atoms with van der Waals surface area (Å²) in [5.74, 6) is -1.14. The molecule has 0 saturated carbocycles. The molecule has 0 bridgehead atoms. The summed E-state index contributed by atoms with van der Waals surface area (Å²) < 4.78 is 0. The molecule has 182 valence electrons. The van der Waals surface area contributed by atoms with Gasteiger partial charge in [0.2, 0.25) is 5.91 Å². The number of aromatic carboxylic acids is 1. The SMILES string of the molecule is CNC(=O)NCCCCCCNC(=O)CCc1cc(/N=N/c2ccccc2C(=O)O)ccc1O. The highest BCUT2D eigenvalue weighted by Crippen LogP contribution is 2.27. The zero-order valence-corrected chi connectivity index (χ0v) is 19.2. The van der Waals surface area contributed by atoms with Crippen molar-refractivity contribution in [2.75, 3.05) is 20.1 Å². The van der Waals surface area contributed by atoms with E-state index in [2.05, 4.69) is 26.2 Å². The van der Waals surface area contributed by atoms with Crippen molar-refractivity contribution in [2.45, 2.75) is 38.5 Å². The van der Waals surface area contributed by atoms with Gasteiger partial charge in [0.25, 0.3) is 0 Å². The Morgan fingerprint density at radius 1 is 0.912 bits per heavy atom. The number of nitrogens with one attached hydrogen (secondary N) is 3. The minimum atomic E-state index is -1.09. The first-order valence-corrected chi connectivity index (χ1v) is 11.2. The third kappa shape index (κ3) is 9.27. The molecule has 0 spiro atoms. The maximum absolute atomic E-state index is 12.1. The zero-order chi connectivity index (χ0) is 24.8. The molecule has 5 N–H and O–H groups in total. The van der Waals surface area contributed by atoms with E-state index < -0.39 is 5.97 Å². The molecule has 0 atom stereocenters. The van der Waals surface area contributed by atoms with Crippen molar-refractivity contribution < 1.29 is 24.6 Å². The predicted molar refractivity (Wildman–Crippen MR) is 128 cm³/mol. The van der Waals surface area contributed by atoms with Crippen LogP contribution in [-0.4, -0.2) is 48.3 Å². The van der Waals surface area contributed by atoms with Crippen LogP contribution in [0.3, 0.4) is 0 Å². The van der Waals surface area contributed by atoms with Gasteiger partial charge in [-0.25, -0.2) is 9.59 Å². The lowest BCUT2D eigenvalue weighted by molar-refractivity contribution is -0.121. The smallest absolute Gasteiger partial charge is 0.337 e. The van der Waals surface area contributed by atoms with Crippen LogP contribution in [0.5, 0.6) is 5.75 Å². The van der Waals surface area contributed by atoms with Crippen molar-refractivity contribution in [1.82, 2.24) is 16.0 Å². The van der Waals surface area contributed by atoms with Gasteiger partial charge in [-0.1, -0.05) is 25.0 Å². The largest absolute Gasteiger partial charge is 0.508 e. The number of aryl methyl sites for hydroxylation is 1. The lowest BCUT2D eigenvalue weighted by Gasteiger charge is -2.08. The molecule has 2 aromatic carbocycles. The quantitative estimate of drug-likeness (QED) is 0.221. The number of carboxylic acids is 1. The molecule has 0 radical (unpaired) electrons. The minimum Gasteiger partial charge on any atom is -0.508 e. The third-order valence-electron chi connectivity index (χ3n) is 5.03. The average Bonchev–Trinajstić information content (AvgIpc) is 2.84. The van der Waals surface area contributed by atoms with Crippen LogP contribution in [0.15, 0.2) is 52.7 Å². The molecule has 2 aromatic rings. The zero-order valence-electron chi connectivity index (χ0n) is 19.2. The van der Waals surface area contributed by atoms with Gasteiger partial charge in [-0.15, -0.1) is 5.11 Å². The van der Waals surface area contributed by atoms with Gasteiger partial charge in [0.05, 0.1) is 11.3 Å². The van der Waals surface area contributed by atoms with E-state index in [1.54, 1.807) is 37.4 Å². The monoisotopic (exact) mass is 469 g/mol. The summed E-state index contributed by atoms with van der Waals surface area (Å²) >= 11 is 0. The van der Waals surface area contributed by atoms with E-state index in [1.807, 2.05) is 0 Å². The van der Waals surface area contributed by atoms with Crippen LogP contribution in [-0.2, 0) is 11.2 Å². The van der Waals surface area contributed by atoms with Crippen LogP contribution in [0.2, 0.25) is 0 Å². The predicted octanol–water partition coefficient (Wildman–Crippen LogP) is 4.04. The van der Waals surface area contributed by atoms with Crippen molar-refractivity contribution in [3.05, 3.63) is 53.6 Å². The molecule has 0 fully saturated rings. The fourth-order valence-electron chi connectivity index (χ4n) is 3.15. The van der Waals surface area contributed by atoms with E-state index in [0.29, 0.717) is 30.8 Å². The fraction of sp³-hybridized carbons (Fsp3) is 0.375. The molecule has 0 aliphatic heterocycles. The number of unbranched alkanes of at least 4 members (excludes halogenated alkanes) is 3. The number of amides is 3. The molecule has 0 aliphatic rings. The van der Waals surface area contributed by atoms with E-state index in [1.165, 1.54) is 12.1 Å². The maximum Gasteiger partial charge on any atom is 0.337 e. The Labute approximate surface area is 198 Å². The second-order valence-corrected chi connectivity index (χ2v) is 7.61. The number of carboxylic acid groups (broad SMARTS) is 1. The van der Waals surface area contributed by atoms with Crippen LogP contribution in [0, 0.1) is 0 Å². The van der Waals surface area contributed by atoms with Crippen molar-refractivity contribution in [2.24, 2.45) is 10.2 Å². The Balaban J connectivity index is 1.76. The van der Waals surface area contributed by atoms with Gasteiger partial charge in [-0.05, 0) is 55.2 Å². The fourth-order valence-corrected chi connectivity index (χ4v) is 3.15. The maximum atomic E-state index is 12.1. The van der Waals surface area contributed by atoms with Crippen molar-refractivity contribution >= 4 is 29.3 Å². The second kappa shape index (κ2) is 14.2. The number of carbonyl (C=O) groups is 3. The standard InChI is InChI=1S/C24H31N5O5/c1-25-24(34)27-15-7-3-2-6-14-26-22(31)13-10-17-16-18(11-12-21(17)30)28-29-20-9-5-4-8-19(20)23(32)33/h4-5,8-9,11-12,16,30H,2-3,6-7,10,13-15H2,1H3,(H,26,31)(H,32,33)(H2,25,27,34)/b29-28+. The van der Waals surface area contributed by atoms with Crippen LogP contribution >= 0.6 is 0 Å². The number of hydrogen-bond donors (Lipinski definition) is 5. The lowest BCUT2D eigenvalue weighted by Crippen LogP contribution is -2.33. The van der Waals surface area contributed by atoms with Crippen LogP contribution in [0.1, 0.15) is 48.0 Å². The van der Waals surface area contributed by atoms with Crippen LogP contribution < -0.4 is 16.0 Å². The summed E-state index contributed by atoms with van der Waals surface area (Å²) in [5, 5.41) is 35.5. The molecule has 2 rings (SSSR count). The normalized spacial score (nSPS) is 10.7. The van der Waals surface area contributed by atoms with Crippen molar-refractivity contribution in [3.63, 3.8) is 0 Å². The number of nitrogens with zero attached hydrogens (tertiary/aromatic N) is 2. The summed E-state index contributed by atoms with van der Waals surface area (Å²) in [5.41, 5.74) is 1.27. The van der Waals surface area contributed by atoms with Gasteiger partial charge >= 0.3 is 12.0 Å². The Hall–Kier alpha value is -3.95. The van der Waals surface area contributed by atoms with Crippen molar-refractivity contribution in [3.8, 4) is 5.75 Å². The highest BCUT2D eigenvalue weighted by atomic mass is 16.4. The summed E-state index contributed by atoms with van der Waals surface area (Å²) in [7, 11) is 1.57. The Kier molecular flexibility index (Phi) is 11.0. The Morgan fingerprint density at radius 3 is 2.32 bits per heavy atom. The van der Waals surface area contributed by atoms with Gasteiger partial charge in [-0.2, -0.15) is 5.11 Å². The van der Waals surface area contributed by atoms with Gasteiger partial charge in [-0.3, -0.25) is 4.79 Å². The summed E-state index contributed by atoms with van der Waals surface area (Å²) in [4.78, 5) is 34.4. The topological polar surface area (TPSA) is 152 Å². The van der Waals surface area contributed by atoms with E-state index in [-0.39, 0.29) is 35.4 Å². The molecular formula is C24H31N5O5. The average molecular weight is 470 g/mol. The van der Waals surface area contributed by atoms with Gasteiger partial charge < -0.3 is 26.2 Å². The van der Waals surface area contributed by atoms with E-state index in [0.717, 1.165) is 25.7 Å². The molecule has 3 amide bonds.